The highest BCUT2D eigenvalue weighted by molar-refractivity contribution is 5.91. The van der Waals surface area contributed by atoms with Crippen molar-refractivity contribution in [2.75, 3.05) is 5.32 Å². The van der Waals surface area contributed by atoms with Crippen LogP contribution in [0.2, 0.25) is 0 Å². The number of anilines is 1. The first-order chi connectivity index (χ1) is 10.1. The molecule has 0 aliphatic rings. The zero-order valence-electron chi connectivity index (χ0n) is 12.0. The lowest BCUT2D eigenvalue weighted by Gasteiger charge is -2.08. The smallest absolute Gasteiger partial charge is 0.314 e. The predicted molar refractivity (Wildman–Crippen MR) is 83.5 cm³/mol. The van der Waals surface area contributed by atoms with Crippen LogP contribution in [-0.4, -0.2) is 6.03 Å². The van der Waals surface area contributed by atoms with E-state index in [0.717, 1.165) is 16.8 Å². The molecule has 0 heterocycles. The van der Waals surface area contributed by atoms with Crippen molar-refractivity contribution in [2.45, 2.75) is 13.8 Å². The summed E-state index contributed by atoms with van der Waals surface area (Å²) in [7, 11) is 0. The van der Waals surface area contributed by atoms with E-state index in [0.29, 0.717) is 5.56 Å². The van der Waals surface area contributed by atoms with E-state index in [1.807, 2.05) is 32.0 Å². The van der Waals surface area contributed by atoms with Crippen molar-refractivity contribution in [3.05, 3.63) is 71.2 Å². The molecule has 0 saturated carbocycles. The van der Waals surface area contributed by atoms with Crippen LogP contribution >= 0.6 is 0 Å². The van der Waals surface area contributed by atoms with Crippen molar-refractivity contribution in [1.82, 2.24) is 5.32 Å². The molecule has 0 saturated heterocycles. The third kappa shape index (κ3) is 4.18. The Morgan fingerprint density at radius 2 is 1.90 bits per heavy atom. The molecule has 2 aromatic carbocycles. The van der Waals surface area contributed by atoms with Crippen molar-refractivity contribution >= 4 is 17.8 Å². The molecule has 0 unspecified atom stereocenters. The van der Waals surface area contributed by atoms with Crippen LogP contribution < -0.4 is 10.6 Å². The quantitative estimate of drug-likeness (QED) is 0.870. The maximum absolute atomic E-state index is 13.4. The Kier molecular flexibility index (Phi) is 4.72. The lowest BCUT2D eigenvalue weighted by Crippen LogP contribution is -2.24. The number of urea groups is 1. The fraction of sp³-hybridized carbons (Fsp3) is 0.118. The van der Waals surface area contributed by atoms with Crippen molar-refractivity contribution in [1.29, 1.82) is 0 Å². The van der Waals surface area contributed by atoms with Crippen LogP contribution in [0.1, 0.15) is 16.7 Å². The summed E-state index contributed by atoms with van der Waals surface area (Å²) in [5.74, 6) is -0.328. The summed E-state index contributed by atoms with van der Waals surface area (Å²) in [6.45, 7) is 3.92. The van der Waals surface area contributed by atoms with Gasteiger partial charge in [-0.05, 0) is 37.6 Å². The Bertz CT molecular complexity index is 680. The van der Waals surface area contributed by atoms with Gasteiger partial charge in [-0.1, -0.05) is 35.9 Å². The normalized spacial score (nSPS) is 10.6. The number of carbonyl (C=O) groups excluding carboxylic acids is 1. The minimum absolute atomic E-state index is 0.328. The fourth-order valence-electron chi connectivity index (χ4n) is 1.93. The summed E-state index contributed by atoms with van der Waals surface area (Å²) in [5.41, 5.74) is 3.29. The summed E-state index contributed by atoms with van der Waals surface area (Å²) in [5, 5.41) is 5.29. The Morgan fingerprint density at radius 3 is 2.62 bits per heavy atom. The molecule has 0 bridgehead atoms. The van der Waals surface area contributed by atoms with Gasteiger partial charge in [0, 0.05) is 17.5 Å². The SMILES string of the molecule is Cc1ccc(NC(=O)N/C=C/c2ccccc2F)c(C)c1. The minimum Gasteiger partial charge on any atom is -0.314 e. The van der Waals surface area contributed by atoms with Gasteiger partial charge in [0.2, 0.25) is 0 Å². The van der Waals surface area contributed by atoms with Crippen LogP contribution in [0.5, 0.6) is 0 Å². The summed E-state index contributed by atoms with van der Waals surface area (Å²) in [4.78, 5) is 11.8. The Morgan fingerprint density at radius 1 is 1.14 bits per heavy atom. The zero-order valence-corrected chi connectivity index (χ0v) is 12.0. The summed E-state index contributed by atoms with van der Waals surface area (Å²) in [6.07, 6.45) is 2.92. The van der Waals surface area contributed by atoms with Gasteiger partial charge < -0.3 is 10.6 Å². The molecule has 2 amide bonds. The number of halogens is 1. The van der Waals surface area contributed by atoms with Gasteiger partial charge in [-0.3, -0.25) is 0 Å². The number of nitrogens with one attached hydrogen (secondary N) is 2. The van der Waals surface area contributed by atoms with Gasteiger partial charge in [0.1, 0.15) is 5.82 Å². The van der Waals surface area contributed by atoms with E-state index in [2.05, 4.69) is 10.6 Å². The number of hydrogen-bond donors (Lipinski definition) is 2. The van der Waals surface area contributed by atoms with Crippen molar-refractivity contribution < 1.29 is 9.18 Å². The summed E-state index contributed by atoms with van der Waals surface area (Å²) < 4.78 is 13.4. The van der Waals surface area contributed by atoms with E-state index in [-0.39, 0.29) is 11.8 Å². The van der Waals surface area contributed by atoms with Crippen LogP contribution in [0.25, 0.3) is 6.08 Å². The third-order valence-corrected chi connectivity index (χ3v) is 3.01. The van der Waals surface area contributed by atoms with Crippen LogP contribution in [-0.2, 0) is 0 Å². The topological polar surface area (TPSA) is 41.1 Å². The second-order valence-corrected chi connectivity index (χ2v) is 4.77. The molecule has 0 aliphatic carbocycles. The number of hydrogen-bond acceptors (Lipinski definition) is 1. The van der Waals surface area contributed by atoms with Crippen LogP contribution in [0, 0.1) is 19.7 Å². The molecule has 0 atom stereocenters. The van der Waals surface area contributed by atoms with E-state index < -0.39 is 0 Å². The van der Waals surface area contributed by atoms with Crippen LogP contribution in [0.3, 0.4) is 0 Å². The Hall–Kier alpha value is -2.62. The molecule has 0 aliphatic heterocycles. The van der Waals surface area contributed by atoms with E-state index in [4.69, 9.17) is 0 Å². The predicted octanol–water partition coefficient (Wildman–Crippen LogP) is 4.23. The van der Waals surface area contributed by atoms with E-state index in [1.54, 1.807) is 18.2 Å². The summed E-state index contributed by atoms with van der Waals surface area (Å²) >= 11 is 0. The van der Waals surface area contributed by atoms with E-state index in [9.17, 15) is 9.18 Å². The molecule has 3 nitrogen and oxygen atoms in total. The maximum Gasteiger partial charge on any atom is 0.323 e. The standard InChI is InChI=1S/C17H17FN2O/c1-12-7-8-16(13(2)11-12)20-17(21)19-10-9-14-5-3-4-6-15(14)18/h3-11H,1-2H3,(H2,19,20,21)/b10-9+. The zero-order chi connectivity index (χ0) is 15.2. The summed E-state index contributed by atoms with van der Waals surface area (Å²) in [6, 6.07) is 11.8. The molecule has 0 spiro atoms. The highest BCUT2D eigenvalue weighted by Gasteiger charge is 2.02. The van der Waals surface area contributed by atoms with Gasteiger partial charge in [-0.25, -0.2) is 9.18 Å². The maximum atomic E-state index is 13.4. The van der Waals surface area contributed by atoms with Crippen LogP contribution in [0.4, 0.5) is 14.9 Å². The minimum atomic E-state index is -0.366. The molecule has 2 aromatic rings. The second kappa shape index (κ2) is 6.70. The average Bonchev–Trinajstić information content (AvgIpc) is 2.44. The van der Waals surface area contributed by atoms with Gasteiger partial charge in [0.15, 0.2) is 0 Å². The van der Waals surface area contributed by atoms with Gasteiger partial charge in [-0.15, -0.1) is 0 Å². The first-order valence-corrected chi connectivity index (χ1v) is 6.62. The number of aryl methyl sites for hydroxylation is 2. The number of benzene rings is 2. The Labute approximate surface area is 123 Å². The lowest BCUT2D eigenvalue weighted by molar-refractivity contribution is 0.255. The molecule has 108 valence electrons. The molecule has 0 aromatic heterocycles. The van der Waals surface area contributed by atoms with E-state index >= 15 is 0 Å². The molecule has 0 radical (unpaired) electrons. The van der Waals surface area contributed by atoms with Crippen molar-refractivity contribution in [3.63, 3.8) is 0 Å². The fourth-order valence-corrected chi connectivity index (χ4v) is 1.93. The second-order valence-electron chi connectivity index (χ2n) is 4.77. The van der Waals surface area contributed by atoms with Gasteiger partial charge in [0.25, 0.3) is 0 Å². The molecule has 2 N–H and O–H groups in total. The van der Waals surface area contributed by atoms with Crippen molar-refractivity contribution in [3.8, 4) is 0 Å². The number of amides is 2. The highest BCUT2D eigenvalue weighted by Crippen LogP contribution is 2.15. The molecule has 2 rings (SSSR count). The highest BCUT2D eigenvalue weighted by atomic mass is 19.1. The molecular weight excluding hydrogens is 267 g/mol. The molecular formula is C17H17FN2O. The molecule has 0 fully saturated rings. The third-order valence-electron chi connectivity index (χ3n) is 3.01. The Balaban J connectivity index is 1.95. The largest absolute Gasteiger partial charge is 0.323 e. The number of rotatable bonds is 3. The number of carbonyl (C=O) groups is 1. The molecule has 21 heavy (non-hydrogen) atoms. The van der Waals surface area contributed by atoms with Crippen LogP contribution in [0.15, 0.2) is 48.7 Å². The monoisotopic (exact) mass is 284 g/mol. The van der Waals surface area contributed by atoms with Crippen molar-refractivity contribution in [2.24, 2.45) is 0 Å². The van der Waals surface area contributed by atoms with Gasteiger partial charge >= 0.3 is 6.03 Å². The van der Waals surface area contributed by atoms with E-state index in [1.165, 1.54) is 18.3 Å². The van der Waals surface area contributed by atoms with Gasteiger partial charge in [-0.2, -0.15) is 0 Å². The first-order valence-electron chi connectivity index (χ1n) is 6.62. The average molecular weight is 284 g/mol. The van der Waals surface area contributed by atoms with Gasteiger partial charge in [0.05, 0.1) is 0 Å². The molecule has 4 heteroatoms. The first kappa shape index (κ1) is 14.8. The lowest BCUT2D eigenvalue weighted by atomic mass is 10.1.